The molecule has 242 valence electrons. The van der Waals surface area contributed by atoms with E-state index in [1.54, 1.807) is 0 Å². The number of phosphoric acid groups is 1. The summed E-state index contributed by atoms with van der Waals surface area (Å²) in [5.74, 6) is 0. The Kier molecular flexibility index (Phi) is 33.7. The van der Waals surface area contributed by atoms with Crippen molar-refractivity contribution in [1.29, 1.82) is 0 Å². The molecule has 40 heavy (non-hydrogen) atoms. The van der Waals surface area contributed by atoms with Crippen LogP contribution in [0.3, 0.4) is 0 Å². The maximum Gasteiger partial charge on any atom is 0.469 e. The minimum absolute atomic E-state index is 0.171. The van der Waals surface area contributed by atoms with Gasteiger partial charge in [0.05, 0.1) is 6.61 Å². The molecule has 0 saturated carbocycles. The number of unbranched alkanes of at least 4 members (excludes halogenated alkanes) is 32. The molecule has 0 aliphatic carbocycles. The van der Waals surface area contributed by atoms with E-state index in [-0.39, 0.29) is 6.61 Å². The summed E-state index contributed by atoms with van der Waals surface area (Å²) >= 11 is 0. The summed E-state index contributed by atoms with van der Waals surface area (Å²) in [5, 5.41) is 0. The van der Waals surface area contributed by atoms with Crippen LogP contribution in [0.4, 0.5) is 0 Å². The lowest BCUT2D eigenvalue weighted by atomic mass is 10.0. The molecule has 0 aromatic carbocycles. The molecule has 0 spiro atoms. The van der Waals surface area contributed by atoms with E-state index in [1.165, 1.54) is 193 Å². The van der Waals surface area contributed by atoms with Gasteiger partial charge >= 0.3 is 7.82 Å². The molecule has 0 aromatic heterocycles. The Morgan fingerprint density at radius 2 is 0.525 bits per heavy atom. The molecule has 2 N–H and O–H groups in total. The summed E-state index contributed by atoms with van der Waals surface area (Å²) in [4.78, 5) is 17.3. The van der Waals surface area contributed by atoms with Gasteiger partial charge in [-0.05, 0) is 6.42 Å². The largest absolute Gasteiger partial charge is 0.469 e. The second kappa shape index (κ2) is 33.6. The van der Waals surface area contributed by atoms with E-state index < -0.39 is 7.82 Å². The van der Waals surface area contributed by atoms with E-state index in [0.29, 0.717) is 0 Å². The standard InChI is InChI=1S/C35H73O4P/c1-2-3-4-5-6-7-8-9-10-11-12-13-14-15-16-17-18-19-20-21-22-23-24-25-26-27-28-29-30-31-32-33-34-35-39-40(36,37)38/h2-35H2,1H3,(H2,36,37,38). The average Bonchev–Trinajstić information content (AvgIpc) is 2.92. The van der Waals surface area contributed by atoms with E-state index >= 15 is 0 Å². The monoisotopic (exact) mass is 589 g/mol. The zero-order valence-corrected chi connectivity index (χ0v) is 28.1. The molecule has 0 fully saturated rings. The summed E-state index contributed by atoms with van der Waals surface area (Å²) in [5.41, 5.74) is 0. The highest BCUT2D eigenvalue weighted by Gasteiger charge is 2.12. The highest BCUT2D eigenvalue weighted by atomic mass is 31.2. The van der Waals surface area contributed by atoms with Crippen molar-refractivity contribution in [3.8, 4) is 0 Å². The zero-order chi connectivity index (χ0) is 29.2. The fraction of sp³-hybridized carbons (Fsp3) is 1.00. The zero-order valence-electron chi connectivity index (χ0n) is 27.2. The molecule has 0 heterocycles. The highest BCUT2D eigenvalue weighted by Crippen LogP contribution is 2.35. The molecular weight excluding hydrogens is 515 g/mol. The normalized spacial score (nSPS) is 12.0. The number of hydrogen-bond acceptors (Lipinski definition) is 2. The first-order chi connectivity index (χ1) is 19.6. The number of rotatable bonds is 35. The van der Waals surface area contributed by atoms with Crippen LogP contribution in [0.15, 0.2) is 0 Å². The Morgan fingerprint density at radius 3 is 0.700 bits per heavy atom. The smallest absolute Gasteiger partial charge is 0.303 e. The Morgan fingerprint density at radius 1 is 0.350 bits per heavy atom. The van der Waals surface area contributed by atoms with Gasteiger partial charge in [0.25, 0.3) is 0 Å². The first-order valence-corrected chi connectivity index (χ1v) is 19.8. The molecule has 0 aliphatic rings. The molecule has 0 rings (SSSR count). The summed E-state index contributed by atoms with van der Waals surface area (Å²) in [6.45, 7) is 2.47. The van der Waals surface area contributed by atoms with Gasteiger partial charge in [-0.1, -0.05) is 212 Å². The van der Waals surface area contributed by atoms with Crippen molar-refractivity contribution in [1.82, 2.24) is 0 Å². The van der Waals surface area contributed by atoms with Gasteiger partial charge in [-0.25, -0.2) is 4.57 Å². The molecule has 0 unspecified atom stereocenters. The fourth-order valence-electron chi connectivity index (χ4n) is 5.84. The molecule has 5 heteroatoms. The van der Waals surface area contributed by atoms with Crippen LogP contribution in [0.2, 0.25) is 0 Å². The second-order valence-electron chi connectivity index (χ2n) is 12.6. The third-order valence-electron chi connectivity index (χ3n) is 8.51. The average molecular weight is 589 g/mol. The Balaban J connectivity index is 3.04. The van der Waals surface area contributed by atoms with Crippen LogP contribution < -0.4 is 0 Å². The topological polar surface area (TPSA) is 66.8 Å². The van der Waals surface area contributed by atoms with Crippen LogP contribution >= 0.6 is 7.82 Å². The minimum atomic E-state index is -4.27. The highest BCUT2D eigenvalue weighted by molar-refractivity contribution is 7.46. The third kappa shape index (κ3) is 38.1. The van der Waals surface area contributed by atoms with Gasteiger partial charge in [-0.15, -0.1) is 0 Å². The molecule has 0 amide bonds. The van der Waals surface area contributed by atoms with Gasteiger partial charge in [-0.3, -0.25) is 4.52 Å². The predicted octanol–water partition coefficient (Wildman–Crippen LogP) is 13.0. The SMILES string of the molecule is CCCCCCCCCCCCCCCCCCCCCCCCCCCCCCCCCCCOP(=O)(O)O. The Bertz CT molecular complexity index is 508. The molecule has 0 atom stereocenters. The lowest BCUT2D eigenvalue weighted by molar-refractivity contribution is 0.193. The van der Waals surface area contributed by atoms with Gasteiger partial charge in [0.2, 0.25) is 0 Å². The molecule has 0 aromatic rings. The van der Waals surface area contributed by atoms with Crippen molar-refractivity contribution in [3.63, 3.8) is 0 Å². The maximum atomic E-state index is 10.6. The summed E-state index contributed by atoms with van der Waals surface area (Å²) in [6.07, 6.45) is 45.8. The van der Waals surface area contributed by atoms with Crippen molar-refractivity contribution in [2.24, 2.45) is 0 Å². The van der Waals surface area contributed by atoms with Crippen LogP contribution in [0, 0.1) is 0 Å². The first-order valence-electron chi connectivity index (χ1n) is 18.3. The Labute approximate surface area is 251 Å². The number of hydrogen-bond donors (Lipinski definition) is 2. The van der Waals surface area contributed by atoms with Crippen LogP contribution in [0.5, 0.6) is 0 Å². The predicted molar refractivity (Wildman–Crippen MR) is 176 cm³/mol. The first kappa shape index (κ1) is 40.1. The van der Waals surface area contributed by atoms with Gasteiger partial charge in [0.15, 0.2) is 0 Å². The second-order valence-corrected chi connectivity index (χ2v) is 13.9. The summed E-state index contributed by atoms with van der Waals surface area (Å²) in [6, 6.07) is 0. The quantitative estimate of drug-likeness (QED) is 0.0571. The number of phosphoric ester groups is 1. The molecule has 0 radical (unpaired) electrons. The summed E-state index contributed by atoms with van der Waals surface area (Å²) < 4.78 is 15.0. The summed E-state index contributed by atoms with van der Waals surface area (Å²) in [7, 11) is -4.27. The van der Waals surface area contributed by atoms with Gasteiger partial charge in [-0.2, -0.15) is 0 Å². The molecule has 0 bridgehead atoms. The van der Waals surface area contributed by atoms with E-state index in [4.69, 9.17) is 9.79 Å². The van der Waals surface area contributed by atoms with E-state index in [9.17, 15) is 4.57 Å². The molecular formula is C35H73O4P. The van der Waals surface area contributed by atoms with Crippen LogP contribution in [0.25, 0.3) is 0 Å². The van der Waals surface area contributed by atoms with Crippen molar-refractivity contribution in [3.05, 3.63) is 0 Å². The van der Waals surface area contributed by atoms with Gasteiger partial charge < -0.3 is 9.79 Å². The van der Waals surface area contributed by atoms with Crippen LogP contribution in [-0.4, -0.2) is 16.4 Å². The van der Waals surface area contributed by atoms with E-state index in [1.807, 2.05) is 0 Å². The van der Waals surface area contributed by atoms with Gasteiger partial charge in [0, 0.05) is 0 Å². The third-order valence-corrected chi connectivity index (χ3v) is 9.03. The lowest BCUT2D eigenvalue weighted by Crippen LogP contribution is -1.92. The van der Waals surface area contributed by atoms with Crippen molar-refractivity contribution in [2.45, 2.75) is 219 Å². The maximum absolute atomic E-state index is 10.6. The van der Waals surface area contributed by atoms with Crippen molar-refractivity contribution in [2.75, 3.05) is 6.61 Å². The fourth-order valence-corrected chi connectivity index (χ4v) is 6.21. The minimum Gasteiger partial charge on any atom is -0.303 e. The van der Waals surface area contributed by atoms with Gasteiger partial charge in [0.1, 0.15) is 0 Å². The van der Waals surface area contributed by atoms with Crippen LogP contribution in [-0.2, 0) is 9.09 Å². The molecule has 0 aliphatic heterocycles. The van der Waals surface area contributed by atoms with Crippen LogP contribution in [0.1, 0.15) is 219 Å². The lowest BCUT2D eigenvalue weighted by Gasteiger charge is -2.05. The molecule has 0 saturated heterocycles. The van der Waals surface area contributed by atoms with Crippen molar-refractivity contribution < 1.29 is 18.9 Å². The van der Waals surface area contributed by atoms with Crippen molar-refractivity contribution >= 4 is 7.82 Å². The van der Waals surface area contributed by atoms with E-state index in [2.05, 4.69) is 11.4 Å². The molecule has 4 nitrogen and oxygen atoms in total. The Hall–Kier alpha value is 0.110. The van der Waals surface area contributed by atoms with E-state index in [0.717, 1.165) is 19.3 Å².